The quantitative estimate of drug-likeness (QED) is 0.808. The van der Waals surface area contributed by atoms with Gasteiger partial charge in [-0.15, -0.1) is 0 Å². The van der Waals surface area contributed by atoms with Gasteiger partial charge in [-0.2, -0.15) is 0 Å². The summed E-state index contributed by atoms with van der Waals surface area (Å²) in [7, 11) is 1.45. The summed E-state index contributed by atoms with van der Waals surface area (Å²) in [5, 5.41) is 3.37. The summed E-state index contributed by atoms with van der Waals surface area (Å²) in [4.78, 5) is 11.5. The predicted molar refractivity (Wildman–Crippen MR) is 63.2 cm³/mol. The molecule has 0 heterocycles. The van der Waals surface area contributed by atoms with Crippen LogP contribution in [0.25, 0.3) is 0 Å². The van der Waals surface area contributed by atoms with E-state index in [4.69, 9.17) is 22.1 Å². The van der Waals surface area contributed by atoms with E-state index in [1.54, 1.807) is 12.1 Å². The summed E-state index contributed by atoms with van der Waals surface area (Å²) in [5.41, 5.74) is 6.31. The monoisotopic (exact) mass is 242 g/mol. The van der Waals surface area contributed by atoms with Crippen LogP contribution in [0.15, 0.2) is 24.3 Å². The van der Waals surface area contributed by atoms with Gasteiger partial charge in [0.25, 0.3) is 5.91 Å². The van der Waals surface area contributed by atoms with Crippen molar-refractivity contribution in [2.75, 3.05) is 13.7 Å². The van der Waals surface area contributed by atoms with Crippen LogP contribution < -0.4 is 11.1 Å². The maximum absolute atomic E-state index is 11.5. The van der Waals surface area contributed by atoms with Crippen LogP contribution in [0.2, 0.25) is 5.02 Å². The molecule has 1 aromatic rings. The van der Waals surface area contributed by atoms with Gasteiger partial charge in [0.1, 0.15) is 6.10 Å². The molecule has 1 atom stereocenters. The Balaban J connectivity index is 2.48. The summed E-state index contributed by atoms with van der Waals surface area (Å²) < 4.78 is 4.91. The standard InChI is InChI=1S/C11H15ClN2O2/c1-16-10(6-13)11(15)14-7-8-3-2-4-9(12)5-8/h2-5,10H,6-7,13H2,1H3,(H,14,15). The first-order chi connectivity index (χ1) is 7.67. The third-order valence-corrected chi connectivity index (χ3v) is 2.38. The smallest absolute Gasteiger partial charge is 0.250 e. The van der Waals surface area contributed by atoms with E-state index in [1.807, 2.05) is 12.1 Å². The Hall–Kier alpha value is -1.10. The zero-order chi connectivity index (χ0) is 12.0. The molecule has 0 radical (unpaired) electrons. The first-order valence-electron chi connectivity index (χ1n) is 4.92. The molecule has 0 aliphatic heterocycles. The minimum Gasteiger partial charge on any atom is -0.370 e. The van der Waals surface area contributed by atoms with Crippen LogP contribution in [0.5, 0.6) is 0 Å². The Kier molecular flexibility index (Phi) is 5.25. The van der Waals surface area contributed by atoms with E-state index in [2.05, 4.69) is 5.32 Å². The second kappa shape index (κ2) is 6.48. The van der Waals surface area contributed by atoms with Crippen LogP contribution >= 0.6 is 11.6 Å². The van der Waals surface area contributed by atoms with Crippen LogP contribution in [0.4, 0.5) is 0 Å². The molecule has 0 aromatic heterocycles. The number of ether oxygens (including phenoxy) is 1. The van der Waals surface area contributed by atoms with E-state index in [0.29, 0.717) is 11.6 Å². The minimum atomic E-state index is -0.598. The fourth-order valence-corrected chi connectivity index (χ4v) is 1.47. The zero-order valence-electron chi connectivity index (χ0n) is 9.07. The molecular weight excluding hydrogens is 228 g/mol. The Bertz CT molecular complexity index is 354. The van der Waals surface area contributed by atoms with Crippen molar-refractivity contribution < 1.29 is 9.53 Å². The number of hydrogen-bond donors (Lipinski definition) is 2. The molecule has 0 fully saturated rings. The van der Waals surface area contributed by atoms with Crippen LogP contribution in [0, 0.1) is 0 Å². The minimum absolute atomic E-state index is 0.165. The number of benzene rings is 1. The number of hydrogen-bond acceptors (Lipinski definition) is 3. The van der Waals surface area contributed by atoms with E-state index in [-0.39, 0.29) is 12.5 Å². The number of carbonyl (C=O) groups is 1. The molecule has 3 N–H and O–H groups in total. The van der Waals surface area contributed by atoms with Crippen molar-refractivity contribution in [1.82, 2.24) is 5.32 Å². The Morgan fingerprint density at radius 2 is 2.38 bits per heavy atom. The normalized spacial score (nSPS) is 12.2. The van der Waals surface area contributed by atoms with Crippen LogP contribution in [0.1, 0.15) is 5.56 Å². The molecular formula is C11H15ClN2O2. The molecule has 0 bridgehead atoms. The van der Waals surface area contributed by atoms with Crippen molar-refractivity contribution in [3.8, 4) is 0 Å². The lowest BCUT2D eigenvalue weighted by Crippen LogP contribution is -2.40. The van der Waals surface area contributed by atoms with Gasteiger partial charge >= 0.3 is 0 Å². The predicted octanol–water partition coefficient (Wildman–Crippen LogP) is 0.930. The lowest BCUT2D eigenvalue weighted by molar-refractivity contribution is -0.130. The van der Waals surface area contributed by atoms with Gasteiger partial charge in [-0.3, -0.25) is 4.79 Å². The van der Waals surface area contributed by atoms with E-state index < -0.39 is 6.10 Å². The lowest BCUT2D eigenvalue weighted by atomic mass is 10.2. The molecule has 1 unspecified atom stereocenters. The molecule has 0 saturated heterocycles. The average molecular weight is 243 g/mol. The number of nitrogens with two attached hydrogens (primary N) is 1. The maximum atomic E-state index is 11.5. The second-order valence-electron chi connectivity index (χ2n) is 3.31. The highest BCUT2D eigenvalue weighted by Gasteiger charge is 2.14. The lowest BCUT2D eigenvalue weighted by Gasteiger charge is -2.13. The number of rotatable bonds is 5. The topological polar surface area (TPSA) is 64.3 Å². The molecule has 0 spiro atoms. The van der Waals surface area contributed by atoms with E-state index in [0.717, 1.165) is 5.56 Å². The third kappa shape index (κ3) is 3.81. The molecule has 1 aromatic carbocycles. The van der Waals surface area contributed by atoms with Crippen LogP contribution in [-0.4, -0.2) is 25.7 Å². The van der Waals surface area contributed by atoms with Gasteiger partial charge in [0, 0.05) is 25.2 Å². The van der Waals surface area contributed by atoms with Crippen LogP contribution in [0.3, 0.4) is 0 Å². The van der Waals surface area contributed by atoms with E-state index in [1.165, 1.54) is 7.11 Å². The fraction of sp³-hybridized carbons (Fsp3) is 0.364. The molecule has 0 aliphatic rings. The summed E-state index contributed by atoms with van der Waals surface area (Å²) in [6, 6.07) is 7.30. The SMILES string of the molecule is COC(CN)C(=O)NCc1cccc(Cl)c1. The fourth-order valence-electron chi connectivity index (χ4n) is 1.26. The number of nitrogens with one attached hydrogen (secondary N) is 1. The van der Waals surface area contributed by atoms with Gasteiger partial charge in [0.15, 0.2) is 0 Å². The number of halogens is 1. The van der Waals surface area contributed by atoms with Gasteiger partial charge < -0.3 is 15.8 Å². The van der Waals surface area contributed by atoms with Gasteiger partial charge in [-0.05, 0) is 17.7 Å². The second-order valence-corrected chi connectivity index (χ2v) is 3.74. The van der Waals surface area contributed by atoms with Crippen LogP contribution in [-0.2, 0) is 16.1 Å². The summed E-state index contributed by atoms with van der Waals surface area (Å²) in [6.07, 6.45) is -0.598. The number of carbonyl (C=O) groups excluding carboxylic acids is 1. The molecule has 0 saturated carbocycles. The number of methoxy groups -OCH3 is 1. The van der Waals surface area contributed by atoms with Crippen molar-refractivity contribution in [1.29, 1.82) is 0 Å². The summed E-state index contributed by atoms with van der Waals surface area (Å²) in [5.74, 6) is -0.218. The largest absolute Gasteiger partial charge is 0.370 e. The summed E-state index contributed by atoms with van der Waals surface area (Å²) >= 11 is 5.82. The average Bonchev–Trinajstić information content (AvgIpc) is 2.28. The van der Waals surface area contributed by atoms with Gasteiger partial charge in [-0.25, -0.2) is 0 Å². The van der Waals surface area contributed by atoms with Crippen molar-refractivity contribution in [2.24, 2.45) is 5.73 Å². The zero-order valence-corrected chi connectivity index (χ0v) is 9.83. The molecule has 88 valence electrons. The number of amides is 1. The summed E-state index contributed by atoms with van der Waals surface area (Å²) in [6.45, 7) is 0.580. The third-order valence-electron chi connectivity index (χ3n) is 2.15. The Labute approximate surface area is 99.7 Å². The van der Waals surface area contributed by atoms with E-state index in [9.17, 15) is 4.79 Å². The molecule has 16 heavy (non-hydrogen) atoms. The molecule has 0 aliphatic carbocycles. The Morgan fingerprint density at radius 3 is 2.94 bits per heavy atom. The molecule has 1 amide bonds. The highest BCUT2D eigenvalue weighted by Crippen LogP contribution is 2.10. The van der Waals surface area contributed by atoms with Gasteiger partial charge in [-0.1, -0.05) is 23.7 Å². The molecule has 1 rings (SSSR count). The van der Waals surface area contributed by atoms with E-state index >= 15 is 0 Å². The van der Waals surface area contributed by atoms with Gasteiger partial charge in [0.05, 0.1) is 0 Å². The first-order valence-corrected chi connectivity index (χ1v) is 5.30. The van der Waals surface area contributed by atoms with Crippen molar-refractivity contribution >= 4 is 17.5 Å². The highest BCUT2D eigenvalue weighted by molar-refractivity contribution is 6.30. The van der Waals surface area contributed by atoms with Crippen molar-refractivity contribution in [3.63, 3.8) is 0 Å². The molecule has 5 heteroatoms. The molecule has 4 nitrogen and oxygen atoms in total. The highest BCUT2D eigenvalue weighted by atomic mass is 35.5. The van der Waals surface area contributed by atoms with Crippen molar-refractivity contribution in [3.05, 3.63) is 34.9 Å². The first kappa shape index (κ1) is 13.0. The maximum Gasteiger partial charge on any atom is 0.250 e. The van der Waals surface area contributed by atoms with Gasteiger partial charge in [0.2, 0.25) is 0 Å². The van der Waals surface area contributed by atoms with Crippen molar-refractivity contribution in [2.45, 2.75) is 12.6 Å². The Morgan fingerprint density at radius 1 is 1.62 bits per heavy atom.